The number of amides is 2. The molecule has 296 valence electrons. The molecule has 16 heteroatoms. The average molecular weight is 841 g/mol. The van der Waals surface area contributed by atoms with Gasteiger partial charge in [-0.3, -0.25) is 24.0 Å². The summed E-state index contributed by atoms with van der Waals surface area (Å²) in [5.74, 6) is -0.567. The second kappa shape index (κ2) is 20.1. The molecule has 13 nitrogen and oxygen atoms in total. The molecule has 0 saturated carbocycles. The molecule has 0 spiro atoms. The van der Waals surface area contributed by atoms with Crippen molar-refractivity contribution in [2.45, 2.75) is 0 Å². The topological polar surface area (TPSA) is 151 Å². The molecular weight excluding hydrogens is 805 g/mol. The normalized spacial score (nSPS) is 10.5. The molecule has 2 aromatic carbocycles. The van der Waals surface area contributed by atoms with Gasteiger partial charge in [0.25, 0.3) is 18.4 Å². The standard InChI is InChI=1S/C20H14ClN3O3.C14H18N2O2.C8H4Cl2N2O/c1-24(2)20(26)12-5-3-11(4-6-12)15-9-7-13-17(25)14-8-10-16(21)23-19(14)27-18(13)22-15;1-15(2)10-9-13(17)11-5-7-12(8-6-11)14(18)16(3)4;1-11-4-6(13)5-2-3-7(9)12-8(5)10/h3-10H,1-2H3;5-10H,1-4H3;2-3H,4H2/b;10-9+;. The van der Waals surface area contributed by atoms with Crippen LogP contribution in [0.25, 0.3) is 38.3 Å². The van der Waals surface area contributed by atoms with Crippen LogP contribution >= 0.6 is 34.8 Å². The number of carbonyl (C=O) groups excluding carboxylic acids is 4. The minimum Gasteiger partial charge on any atom is -0.419 e. The predicted molar refractivity (Wildman–Crippen MR) is 226 cm³/mol. The SMILES string of the molecule is CN(C)/C=C/C(=O)c1ccc(C(=O)N(C)C)cc1.CN(C)C(=O)c1ccc(-c2ccc3c(=O)c4ccc(Cl)nc4oc3n2)cc1.[C-]#[N+]CC(=O)c1ccc(Cl)nc1Cl. The largest absolute Gasteiger partial charge is 0.419 e. The lowest BCUT2D eigenvalue weighted by Crippen LogP contribution is -2.21. The molecule has 0 fully saturated rings. The molecule has 0 radical (unpaired) electrons. The Morgan fingerprint density at radius 2 is 1.17 bits per heavy atom. The number of benzene rings is 2. The Morgan fingerprint density at radius 3 is 1.71 bits per heavy atom. The first-order chi connectivity index (χ1) is 27.5. The highest BCUT2D eigenvalue weighted by Gasteiger charge is 2.15. The third-order valence-electron chi connectivity index (χ3n) is 7.89. The van der Waals surface area contributed by atoms with E-state index in [0.717, 1.165) is 5.56 Å². The van der Waals surface area contributed by atoms with Gasteiger partial charge in [-0.1, -0.05) is 59.1 Å². The molecule has 0 N–H and O–H groups in total. The summed E-state index contributed by atoms with van der Waals surface area (Å²) in [5.41, 5.74) is 3.52. The van der Waals surface area contributed by atoms with Crippen LogP contribution in [-0.2, 0) is 0 Å². The molecule has 0 unspecified atom stereocenters. The Kier molecular flexibility index (Phi) is 15.3. The number of carbonyl (C=O) groups is 4. The lowest BCUT2D eigenvalue weighted by molar-refractivity contribution is 0.0820. The van der Waals surface area contributed by atoms with Gasteiger partial charge in [0.1, 0.15) is 15.5 Å². The molecule has 0 aliphatic carbocycles. The highest BCUT2D eigenvalue weighted by atomic mass is 35.5. The van der Waals surface area contributed by atoms with E-state index in [-0.39, 0.29) is 67.8 Å². The van der Waals surface area contributed by atoms with Crippen molar-refractivity contribution >= 4 is 80.4 Å². The molecular formula is C42H36Cl3N7O6. The van der Waals surface area contributed by atoms with Crippen molar-refractivity contribution in [1.82, 2.24) is 29.7 Å². The summed E-state index contributed by atoms with van der Waals surface area (Å²) in [5, 5.41) is 1.23. The van der Waals surface area contributed by atoms with Crippen LogP contribution in [0.4, 0.5) is 0 Å². The van der Waals surface area contributed by atoms with E-state index in [1.807, 2.05) is 14.1 Å². The minimum atomic E-state index is -0.343. The molecule has 0 aliphatic heterocycles. The van der Waals surface area contributed by atoms with Gasteiger partial charge in [0.05, 0.1) is 22.0 Å². The number of halogens is 3. The van der Waals surface area contributed by atoms with Crippen molar-refractivity contribution in [3.63, 3.8) is 0 Å². The van der Waals surface area contributed by atoms with Gasteiger partial charge in [0, 0.05) is 76.8 Å². The number of aromatic nitrogens is 3. The Hall–Kier alpha value is -6.46. The summed E-state index contributed by atoms with van der Waals surface area (Å²) in [6.07, 6.45) is 3.20. The maximum atomic E-state index is 12.6. The zero-order valence-corrected chi connectivity index (χ0v) is 34.4. The van der Waals surface area contributed by atoms with Crippen molar-refractivity contribution in [3.05, 3.63) is 157 Å². The molecule has 0 bridgehead atoms. The van der Waals surface area contributed by atoms with Gasteiger partial charge < -0.3 is 24.0 Å². The van der Waals surface area contributed by atoms with Crippen molar-refractivity contribution in [2.24, 2.45) is 0 Å². The minimum absolute atomic E-state index is 0.0427. The maximum Gasteiger partial charge on any atom is 0.276 e. The van der Waals surface area contributed by atoms with E-state index in [2.05, 4.69) is 19.8 Å². The average Bonchev–Trinajstić information content (AvgIpc) is 3.19. The summed E-state index contributed by atoms with van der Waals surface area (Å²) < 4.78 is 5.70. The second-order valence-corrected chi connectivity index (χ2v) is 14.0. The molecule has 0 atom stereocenters. The quantitative estimate of drug-likeness (QED) is 0.0487. The van der Waals surface area contributed by atoms with Crippen molar-refractivity contribution in [3.8, 4) is 11.3 Å². The van der Waals surface area contributed by atoms with Gasteiger partial charge in [-0.25, -0.2) is 21.5 Å². The number of allylic oxidation sites excluding steroid dienone is 1. The molecule has 58 heavy (non-hydrogen) atoms. The highest BCUT2D eigenvalue weighted by Crippen LogP contribution is 2.23. The molecule has 4 aromatic heterocycles. The van der Waals surface area contributed by atoms with Gasteiger partial charge in [-0.05, 0) is 60.7 Å². The van der Waals surface area contributed by atoms with E-state index < -0.39 is 0 Å². The summed E-state index contributed by atoms with van der Waals surface area (Å²) in [6, 6.07) is 23.2. The van der Waals surface area contributed by atoms with Crippen LogP contribution in [0, 0.1) is 6.57 Å². The van der Waals surface area contributed by atoms with Gasteiger partial charge >= 0.3 is 0 Å². The first-order valence-electron chi connectivity index (χ1n) is 17.1. The first kappa shape index (κ1) is 44.3. The van der Waals surface area contributed by atoms with Crippen LogP contribution in [-0.4, -0.2) is 102 Å². The van der Waals surface area contributed by atoms with Crippen molar-refractivity contribution in [2.75, 3.05) is 48.8 Å². The second-order valence-electron chi connectivity index (χ2n) is 12.9. The molecule has 0 aliphatic rings. The fraction of sp³-hybridized carbons (Fsp3) is 0.167. The maximum absolute atomic E-state index is 12.6. The van der Waals surface area contributed by atoms with Crippen molar-refractivity contribution in [1.29, 1.82) is 0 Å². The Balaban J connectivity index is 0.000000208. The molecule has 6 rings (SSSR count). The number of rotatable bonds is 8. The van der Waals surface area contributed by atoms with Gasteiger partial charge in [-0.2, -0.15) is 0 Å². The zero-order chi connectivity index (χ0) is 42.7. The lowest BCUT2D eigenvalue weighted by atomic mass is 10.1. The van der Waals surface area contributed by atoms with Crippen LogP contribution < -0.4 is 5.43 Å². The number of ketones is 2. The summed E-state index contributed by atoms with van der Waals surface area (Å²) in [6.45, 7) is 6.29. The molecule has 0 saturated heterocycles. The lowest BCUT2D eigenvalue weighted by Gasteiger charge is -2.10. The molecule has 6 aromatic rings. The highest BCUT2D eigenvalue weighted by molar-refractivity contribution is 6.34. The van der Waals surface area contributed by atoms with E-state index in [1.54, 1.807) is 112 Å². The van der Waals surface area contributed by atoms with Crippen LogP contribution in [0.15, 0.2) is 106 Å². The third kappa shape index (κ3) is 11.5. The fourth-order valence-electron chi connectivity index (χ4n) is 4.92. The number of nitrogens with zero attached hydrogens (tertiary/aromatic N) is 7. The Bertz CT molecular complexity index is 2620. The van der Waals surface area contributed by atoms with E-state index in [0.29, 0.717) is 33.2 Å². The monoisotopic (exact) mass is 839 g/mol. The number of Topliss-reactive ketones (excluding diaryl/α,β-unsaturated/α-hetero) is 1. The van der Waals surface area contributed by atoms with Crippen LogP contribution in [0.3, 0.4) is 0 Å². The van der Waals surface area contributed by atoms with Gasteiger partial charge in [-0.15, -0.1) is 0 Å². The summed E-state index contributed by atoms with van der Waals surface area (Å²) in [7, 11) is 10.5. The predicted octanol–water partition coefficient (Wildman–Crippen LogP) is 7.90. The van der Waals surface area contributed by atoms with Gasteiger partial charge in [0.2, 0.25) is 22.6 Å². The third-order valence-corrected chi connectivity index (χ3v) is 8.60. The number of hydrogen-bond donors (Lipinski definition) is 0. The van der Waals surface area contributed by atoms with E-state index in [4.69, 9.17) is 45.8 Å². The van der Waals surface area contributed by atoms with Gasteiger partial charge in [0.15, 0.2) is 5.78 Å². The Labute approximate surface area is 348 Å². The Morgan fingerprint density at radius 1 is 0.672 bits per heavy atom. The van der Waals surface area contributed by atoms with Crippen molar-refractivity contribution < 1.29 is 23.6 Å². The summed E-state index contributed by atoms with van der Waals surface area (Å²) in [4.78, 5) is 79.2. The van der Waals surface area contributed by atoms with E-state index >= 15 is 0 Å². The summed E-state index contributed by atoms with van der Waals surface area (Å²) >= 11 is 17.1. The zero-order valence-electron chi connectivity index (χ0n) is 32.2. The number of hydrogen-bond acceptors (Lipinski definition) is 10. The number of pyridine rings is 3. The van der Waals surface area contributed by atoms with E-state index in [9.17, 15) is 24.0 Å². The van der Waals surface area contributed by atoms with Crippen LogP contribution in [0.5, 0.6) is 0 Å². The van der Waals surface area contributed by atoms with Crippen LogP contribution in [0.1, 0.15) is 41.4 Å². The van der Waals surface area contributed by atoms with Crippen LogP contribution in [0.2, 0.25) is 15.5 Å². The van der Waals surface area contributed by atoms with E-state index in [1.165, 1.54) is 28.0 Å². The smallest absolute Gasteiger partial charge is 0.276 e. The molecule has 2 amide bonds. The number of fused-ring (bicyclic) bond motifs is 2. The fourth-order valence-corrected chi connectivity index (χ4v) is 5.51. The molecule has 4 heterocycles. The first-order valence-corrected chi connectivity index (χ1v) is 18.3.